The van der Waals surface area contributed by atoms with Crippen molar-refractivity contribution in [3.8, 4) is 0 Å². The van der Waals surface area contributed by atoms with E-state index in [4.69, 9.17) is 4.42 Å². The molecule has 0 spiro atoms. The minimum absolute atomic E-state index is 0.124. The number of fused-ring (bicyclic) bond motifs is 2. The molecule has 1 atom stereocenters. The quantitative estimate of drug-likeness (QED) is 0.755. The molecule has 0 bridgehead atoms. The average molecular weight is 363 g/mol. The Morgan fingerprint density at radius 2 is 1.96 bits per heavy atom. The molecule has 0 aliphatic carbocycles. The molecule has 2 aromatic carbocycles. The standard InChI is InChI=1S/C22H21NO4/c1-13-7-8-16-14(2)21(27-19(16)11-13)22(26)23-10-9-15-5-3-4-6-17(15)18(23)12-20(24)25/h3-8,11,18H,9-10,12H2,1-2H3,(H,24,25)/t18-/m1/s1. The fraction of sp³-hybridized carbons (Fsp3) is 0.273. The maximum absolute atomic E-state index is 13.3. The maximum atomic E-state index is 13.3. The van der Waals surface area contributed by atoms with Crippen LogP contribution >= 0.6 is 0 Å². The molecule has 0 saturated carbocycles. The Kier molecular flexibility index (Phi) is 4.22. The molecule has 0 saturated heterocycles. The first-order chi connectivity index (χ1) is 13.0. The number of carbonyl (C=O) groups is 2. The smallest absolute Gasteiger partial charge is 0.305 e. The van der Waals surface area contributed by atoms with Gasteiger partial charge >= 0.3 is 5.97 Å². The van der Waals surface area contributed by atoms with Crippen LogP contribution in [0.15, 0.2) is 46.9 Å². The van der Waals surface area contributed by atoms with E-state index in [9.17, 15) is 14.7 Å². The summed E-state index contributed by atoms with van der Waals surface area (Å²) in [6.07, 6.45) is 0.581. The normalized spacial score (nSPS) is 16.4. The number of hydrogen-bond acceptors (Lipinski definition) is 3. The van der Waals surface area contributed by atoms with Gasteiger partial charge < -0.3 is 14.4 Å². The van der Waals surface area contributed by atoms with Crippen LogP contribution in [0.3, 0.4) is 0 Å². The summed E-state index contributed by atoms with van der Waals surface area (Å²) >= 11 is 0. The Bertz CT molecular complexity index is 1050. The van der Waals surface area contributed by atoms with Crippen LogP contribution in [0.25, 0.3) is 11.0 Å². The minimum Gasteiger partial charge on any atom is -0.481 e. The summed E-state index contributed by atoms with van der Waals surface area (Å²) in [5.74, 6) is -0.876. The van der Waals surface area contributed by atoms with Crippen molar-refractivity contribution in [3.63, 3.8) is 0 Å². The SMILES string of the molecule is Cc1ccc2c(C)c(C(=O)N3CCc4ccccc4[C@H]3CC(=O)O)oc2c1. The van der Waals surface area contributed by atoms with Gasteiger partial charge in [-0.3, -0.25) is 9.59 Å². The molecule has 2 heterocycles. The fourth-order valence-electron chi connectivity index (χ4n) is 3.95. The second-order valence-corrected chi connectivity index (χ2v) is 7.12. The van der Waals surface area contributed by atoms with Gasteiger partial charge in [0.2, 0.25) is 0 Å². The number of carboxylic acids is 1. The number of aryl methyl sites for hydroxylation is 2. The highest BCUT2D eigenvalue weighted by molar-refractivity contribution is 5.99. The summed E-state index contributed by atoms with van der Waals surface area (Å²) < 4.78 is 5.90. The van der Waals surface area contributed by atoms with Gasteiger partial charge in [-0.05, 0) is 43.0 Å². The van der Waals surface area contributed by atoms with Crippen LogP contribution in [0.4, 0.5) is 0 Å². The van der Waals surface area contributed by atoms with Crippen molar-refractivity contribution in [1.82, 2.24) is 4.90 Å². The van der Waals surface area contributed by atoms with Crippen molar-refractivity contribution in [2.24, 2.45) is 0 Å². The van der Waals surface area contributed by atoms with Crippen LogP contribution in [0.2, 0.25) is 0 Å². The summed E-state index contributed by atoms with van der Waals surface area (Å²) in [6, 6.07) is 13.1. The Hall–Kier alpha value is -3.08. The molecule has 0 unspecified atom stereocenters. The zero-order valence-corrected chi connectivity index (χ0v) is 15.4. The average Bonchev–Trinajstić information content (AvgIpc) is 2.97. The van der Waals surface area contributed by atoms with Crippen LogP contribution in [0, 0.1) is 13.8 Å². The summed E-state index contributed by atoms with van der Waals surface area (Å²) in [5.41, 5.74) is 4.55. The predicted octanol–water partition coefficient (Wildman–Crippen LogP) is 4.26. The van der Waals surface area contributed by atoms with E-state index in [1.807, 2.05) is 56.3 Å². The molecular weight excluding hydrogens is 342 g/mol. The number of amides is 1. The lowest BCUT2D eigenvalue weighted by molar-refractivity contribution is -0.138. The Balaban J connectivity index is 1.76. The molecule has 0 radical (unpaired) electrons. The first-order valence-corrected chi connectivity index (χ1v) is 9.06. The molecule has 0 fully saturated rings. The molecule has 1 N–H and O–H groups in total. The van der Waals surface area contributed by atoms with Crippen LogP contribution in [-0.2, 0) is 11.2 Å². The Morgan fingerprint density at radius 1 is 1.19 bits per heavy atom. The summed E-state index contributed by atoms with van der Waals surface area (Å²) in [4.78, 5) is 26.4. The van der Waals surface area contributed by atoms with Crippen molar-refractivity contribution in [2.45, 2.75) is 32.7 Å². The zero-order valence-electron chi connectivity index (χ0n) is 15.4. The number of benzene rings is 2. The van der Waals surface area contributed by atoms with E-state index < -0.39 is 12.0 Å². The highest BCUT2D eigenvalue weighted by Gasteiger charge is 2.35. The highest BCUT2D eigenvalue weighted by Crippen LogP contribution is 2.35. The van der Waals surface area contributed by atoms with E-state index in [0.29, 0.717) is 24.3 Å². The molecule has 3 aromatic rings. The Labute approximate surface area is 157 Å². The van der Waals surface area contributed by atoms with Gasteiger partial charge in [-0.2, -0.15) is 0 Å². The third-order valence-electron chi connectivity index (χ3n) is 5.33. The van der Waals surface area contributed by atoms with Gasteiger partial charge in [0.05, 0.1) is 12.5 Å². The summed E-state index contributed by atoms with van der Waals surface area (Å²) in [7, 11) is 0. The molecule has 5 nitrogen and oxygen atoms in total. The lowest BCUT2D eigenvalue weighted by atomic mass is 9.90. The van der Waals surface area contributed by atoms with Gasteiger partial charge in [0, 0.05) is 17.5 Å². The van der Waals surface area contributed by atoms with Crippen molar-refractivity contribution in [2.75, 3.05) is 6.54 Å². The molecule has 5 heteroatoms. The highest BCUT2D eigenvalue weighted by atomic mass is 16.4. The van der Waals surface area contributed by atoms with E-state index >= 15 is 0 Å². The first-order valence-electron chi connectivity index (χ1n) is 9.06. The Morgan fingerprint density at radius 3 is 2.74 bits per heavy atom. The van der Waals surface area contributed by atoms with Gasteiger partial charge in [-0.25, -0.2) is 0 Å². The van der Waals surface area contributed by atoms with Crippen LogP contribution in [0.1, 0.15) is 45.3 Å². The summed E-state index contributed by atoms with van der Waals surface area (Å²) in [6.45, 7) is 4.32. The largest absolute Gasteiger partial charge is 0.481 e. The van der Waals surface area contributed by atoms with Crippen molar-refractivity contribution in [3.05, 3.63) is 70.5 Å². The number of hydrogen-bond donors (Lipinski definition) is 1. The number of aliphatic carboxylic acids is 1. The van der Waals surface area contributed by atoms with Gasteiger partial charge in [-0.15, -0.1) is 0 Å². The third-order valence-corrected chi connectivity index (χ3v) is 5.33. The second-order valence-electron chi connectivity index (χ2n) is 7.12. The van der Waals surface area contributed by atoms with E-state index in [2.05, 4.69) is 0 Å². The molecule has 1 aliphatic rings. The molecule has 138 valence electrons. The molecule has 27 heavy (non-hydrogen) atoms. The predicted molar refractivity (Wildman–Crippen MR) is 102 cm³/mol. The topological polar surface area (TPSA) is 70.8 Å². The molecular formula is C22H21NO4. The maximum Gasteiger partial charge on any atom is 0.305 e. The fourth-order valence-corrected chi connectivity index (χ4v) is 3.95. The monoisotopic (exact) mass is 363 g/mol. The molecule has 4 rings (SSSR count). The number of furan rings is 1. The van der Waals surface area contributed by atoms with E-state index in [1.54, 1.807) is 4.90 Å². The third kappa shape index (κ3) is 2.99. The van der Waals surface area contributed by atoms with E-state index in [-0.39, 0.29) is 12.3 Å². The van der Waals surface area contributed by atoms with Gasteiger partial charge in [-0.1, -0.05) is 36.4 Å². The minimum atomic E-state index is -0.925. The van der Waals surface area contributed by atoms with Crippen LogP contribution < -0.4 is 0 Å². The number of carboxylic acid groups (broad SMARTS) is 1. The molecule has 1 aliphatic heterocycles. The molecule has 1 aromatic heterocycles. The van der Waals surface area contributed by atoms with Crippen LogP contribution in [0.5, 0.6) is 0 Å². The van der Waals surface area contributed by atoms with E-state index in [1.165, 1.54) is 0 Å². The van der Waals surface area contributed by atoms with Crippen LogP contribution in [-0.4, -0.2) is 28.4 Å². The number of rotatable bonds is 3. The van der Waals surface area contributed by atoms with Gasteiger partial charge in [0.25, 0.3) is 5.91 Å². The zero-order chi connectivity index (χ0) is 19.1. The lowest BCUT2D eigenvalue weighted by Gasteiger charge is -2.36. The lowest BCUT2D eigenvalue weighted by Crippen LogP contribution is -2.41. The van der Waals surface area contributed by atoms with Crippen molar-refractivity contribution >= 4 is 22.8 Å². The number of nitrogens with zero attached hydrogens (tertiary/aromatic N) is 1. The van der Waals surface area contributed by atoms with Crippen molar-refractivity contribution < 1.29 is 19.1 Å². The molecule has 1 amide bonds. The summed E-state index contributed by atoms with van der Waals surface area (Å²) in [5, 5.41) is 10.3. The second kappa shape index (κ2) is 6.58. The van der Waals surface area contributed by atoms with E-state index in [0.717, 1.165) is 27.6 Å². The van der Waals surface area contributed by atoms with Crippen molar-refractivity contribution in [1.29, 1.82) is 0 Å². The van der Waals surface area contributed by atoms with Gasteiger partial charge in [0.15, 0.2) is 5.76 Å². The first kappa shape index (κ1) is 17.3. The van der Waals surface area contributed by atoms with Gasteiger partial charge in [0.1, 0.15) is 5.58 Å². The number of carbonyl (C=O) groups excluding carboxylic acids is 1.